The summed E-state index contributed by atoms with van der Waals surface area (Å²) >= 11 is 0. The van der Waals surface area contributed by atoms with E-state index in [1.165, 1.54) is 50.5 Å². The Morgan fingerprint density at radius 1 is 0.909 bits per heavy atom. The van der Waals surface area contributed by atoms with Crippen molar-refractivity contribution in [2.75, 3.05) is 0 Å². The molecule has 0 heteroatoms. The molecule has 0 spiro atoms. The van der Waals surface area contributed by atoms with E-state index in [1.54, 1.807) is 0 Å². The van der Waals surface area contributed by atoms with Gasteiger partial charge in [0.15, 0.2) is 0 Å². The van der Waals surface area contributed by atoms with Crippen LogP contribution in [0.4, 0.5) is 0 Å². The summed E-state index contributed by atoms with van der Waals surface area (Å²) < 4.78 is 0. The largest absolute Gasteiger partial charge is 0.0999 e. The highest BCUT2D eigenvalue weighted by atomic mass is 14.0. The second-order valence-electron chi connectivity index (χ2n) is 3.31. The number of rotatable bonds is 7. The summed E-state index contributed by atoms with van der Waals surface area (Å²) in [6.07, 6.45) is 9.16. The van der Waals surface area contributed by atoms with E-state index in [-0.39, 0.29) is 0 Å². The molecule has 0 aliphatic carbocycles. The molecule has 0 rings (SSSR count). The quantitative estimate of drug-likeness (QED) is 0.378. The molecular formula is C11H22. The smallest absolute Gasteiger partial charge is 0.0323 e. The first-order valence-corrected chi connectivity index (χ1v) is 4.97. The highest BCUT2D eigenvalue weighted by Crippen LogP contribution is 2.12. The molecular weight excluding hydrogens is 132 g/mol. The van der Waals surface area contributed by atoms with E-state index < -0.39 is 0 Å². The maximum Gasteiger partial charge on any atom is -0.0323 e. The Kier molecular flexibility index (Phi) is 7.66. The summed E-state index contributed by atoms with van der Waals surface area (Å²) in [5.74, 6) is 0. The van der Waals surface area contributed by atoms with Crippen LogP contribution in [0.1, 0.15) is 58.8 Å². The van der Waals surface area contributed by atoms with Crippen molar-refractivity contribution in [3.05, 3.63) is 12.2 Å². The minimum Gasteiger partial charge on any atom is -0.0999 e. The van der Waals surface area contributed by atoms with Gasteiger partial charge in [-0.3, -0.25) is 0 Å². The van der Waals surface area contributed by atoms with Crippen molar-refractivity contribution in [2.45, 2.75) is 58.8 Å². The fourth-order valence-electron chi connectivity index (χ4n) is 1.18. The number of unbranched alkanes of at least 4 members (excludes halogenated alkanes) is 3. The van der Waals surface area contributed by atoms with Crippen LogP contribution < -0.4 is 0 Å². The molecule has 0 fully saturated rings. The van der Waals surface area contributed by atoms with Gasteiger partial charge < -0.3 is 0 Å². The molecule has 0 nitrogen and oxygen atoms in total. The highest BCUT2D eigenvalue weighted by molar-refractivity contribution is 4.93. The Bertz CT molecular complexity index is 92.2. The summed E-state index contributed by atoms with van der Waals surface area (Å²) in [4.78, 5) is 0. The number of hydrogen-bond donors (Lipinski definition) is 0. The Balaban J connectivity index is 3.09. The van der Waals surface area contributed by atoms with Gasteiger partial charge in [-0.05, 0) is 25.7 Å². The molecule has 0 aliphatic rings. The number of allylic oxidation sites excluding steroid dienone is 1. The molecule has 0 aliphatic heterocycles. The standard InChI is InChI=1S/C11H22/c1-4-6-8-10-11(3)9-7-5-2/h3-10H2,1-2H3. The van der Waals surface area contributed by atoms with Crippen molar-refractivity contribution >= 4 is 0 Å². The zero-order valence-corrected chi connectivity index (χ0v) is 8.16. The van der Waals surface area contributed by atoms with E-state index in [0.29, 0.717) is 0 Å². The Labute approximate surface area is 71.7 Å². The topological polar surface area (TPSA) is 0 Å². The minimum absolute atomic E-state index is 1.25. The summed E-state index contributed by atoms with van der Waals surface area (Å²) in [6, 6.07) is 0. The minimum atomic E-state index is 1.25. The van der Waals surface area contributed by atoms with Crippen LogP contribution >= 0.6 is 0 Å². The van der Waals surface area contributed by atoms with Crippen LogP contribution in [0.15, 0.2) is 12.2 Å². The monoisotopic (exact) mass is 154 g/mol. The van der Waals surface area contributed by atoms with Gasteiger partial charge in [0, 0.05) is 0 Å². The van der Waals surface area contributed by atoms with E-state index in [9.17, 15) is 0 Å². The average Bonchev–Trinajstić information content (AvgIpc) is 2.01. The van der Waals surface area contributed by atoms with E-state index in [0.717, 1.165) is 0 Å². The van der Waals surface area contributed by atoms with Gasteiger partial charge in [-0.25, -0.2) is 0 Å². The van der Waals surface area contributed by atoms with Crippen LogP contribution in [0.3, 0.4) is 0 Å². The van der Waals surface area contributed by atoms with Gasteiger partial charge in [0.1, 0.15) is 0 Å². The first-order valence-electron chi connectivity index (χ1n) is 4.97. The molecule has 0 unspecified atom stereocenters. The van der Waals surface area contributed by atoms with Crippen molar-refractivity contribution in [3.8, 4) is 0 Å². The predicted octanol–water partition coefficient (Wildman–Crippen LogP) is 4.31. The van der Waals surface area contributed by atoms with Crippen LogP contribution in [-0.2, 0) is 0 Å². The molecule has 0 bridgehead atoms. The molecule has 0 saturated carbocycles. The number of hydrogen-bond acceptors (Lipinski definition) is 0. The first kappa shape index (κ1) is 10.7. The fraction of sp³-hybridized carbons (Fsp3) is 0.818. The lowest BCUT2D eigenvalue weighted by molar-refractivity contribution is 0.680. The summed E-state index contributed by atoms with van der Waals surface area (Å²) in [5, 5.41) is 0. The van der Waals surface area contributed by atoms with Crippen molar-refractivity contribution < 1.29 is 0 Å². The molecule has 0 radical (unpaired) electrons. The zero-order valence-electron chi connectivity index (χ0n) is 8.16. The Morgan fingerprint density at radius 2 is 1.45 bits per heavy atom. The van der Waals surface area contributed by atoms with Gasteiger partial charge in [0.25, 0.3) is 0 Å². The lowest BCUT2D eigenvalue weighted by Crippen LogP contribution is -1.82. The highest BCUT2D eigenvalue weighted by Gasteiger charge is 1.92. The third-order valence-electron chi connectivity index (χ3n) is 2.02. The Hall–Kier alpha value is -0.260. The van der Waals surface area contributed by atoms with E-state index >= 15 is 0 Å². The molecule has 0 aromatic carbocycles. The molecule has 0 atom stereocenters. The van der Waals surface area contributed by atoms with E-state index in [4.69, 9.17) is 0 Å². The van der Waals surface area contributed by atoms with Gasteiger partial charge in [0.2, 0.25) is 0 Å². The SMILES string of the molecule is C=C(CCCC)CCCCC. The second kappa shape index (κ2) is 7.84. The van der Waals surface area contributed by atoms with Gasteiger partial charge >= 0.3 is 0 Å². The second-order valence-corrected chi connectivity index (χ2v) is 3.31. The third kappa shape index (κ3) is 7.64. The lowest BCUT2D eigenvalue weighted by Gasteiger charge is -2.02. The van der Waals surface area contributed by atoms with Gasteiger partial charge in [-0.15, -0.1) is 0 Å². The van der Waals surface area contributed by atoms with Crippen molar-refractivity contribution in [1.82, 2.24) is 0 Å². The van der Waals surface area contributed by atoms with Crippen LogP contribution in [0, 0.1) is 0 Å². The molecule has 0 saturated heterocycles. The molecule has 66 valence electrons. The van der Waals surface area contributed by atoms with E-state index in [1.807, 2.05) is 0 Å². The van der Waals surface area contributed by atoms with Crippen LogP contribution in [0.25, 0.3) is 0 Å². The summed E-state index contributed by atoms with van der Waals surface area (Å²) in [7, 11) is 0. The van der Waals surface area contributed by atoms with E-state index in [2.05, 4.69) is 20.4 Å². The van der Waals surface area contributed by atoms with Crippen LogP contribution in [0.2, 0.25) is 0 Å². The molecule has 0 N–H and O–H groups in total. The van der Waals surface area contributed by atoms with Gasteiger partial charge in [-0.1, -0.05) is 45.3 Å². The predicted molar refractivity (Wildman–Crippen MR) is 52.8 cm³/mol. The van der Waals surface area contributed by atoms with Crippen molar-refractivity contribution in [1.29, 1.82) is 0 Å². The summed E-state index contributed by atoms with van der Waals surface area (Å²) in [5.41, 5.74) is 1.46. The third-order valence-corrected chi connectivity index (χ3v) is 2.02. The molecule has 0 aromatic heterocycles. The normalized spacial score (nSPS) is 10.0. The average molecular weight is 154 g/mol. The molecule has 0 aromatic rings. The zero-order chi connectivity index (χ0) is 8.53. The van der Waals surface area contributed by atoms with Crippen molar-refractivity contribution in [3.63, 3.8) is 0 Å². The fourth-order valence-corrected chi connectivity index (χ4v) is 1.18. The van der Waals surface area contributed by atoms with Crippen LogP contribution in [0.5, 0.6) is 0 Å². The van der Waals surface area contributed by atoms with Gasteiger partial charge in [0.05, 0.1) is 0 Å². The van der Waals surface area contributed by atoms with Crippen LogP contribution in [-0.4, -0.2) is 0 Å². The molecule has 0 heterocycles. The maximum atomic E-state index is 4.06. The Morgan fingerprint density at radius 3 is 2.00 bits per heavy atom. The first-order chi connectivity index (χ1) is 5.31. The van der Waals surface area contributed by atoms with Gasteiger partial charge in [-0.2, -0.15) is 0 Å². The maximum absolute atomic E-state index is 4.06. The lowest BCUT2D eigenvalue weighted by atomic mass is 10.0. The van der Waals surface area contributed by atoms with Crippen molar-refractivity contribution in [2.24, 2.45) is 0 Å². The summed E-state index contributed by atoms with van der Waals surface area (Å²) in [6.45, 7) is 8.54. The molecule has 0 amide bonds. The molecule has 11 heavy (non-hydrogen) atoms.